The number of carbonyl (C=O) groups excluding carboxylic acids is 1. The van der Waals surface area contributed by atoms with Gasteiger partial charge >= 0.3 is 0 Å². The van der Waals surface area contributed by atoms with E-state index in [9.17, 15) is 9.90 Å². The molecular formula is C23H31N3O3. The summed E-state index contributed by atoms with van der Waals surface area (Å²) in [7, 11) is 0. The molecule has 0 radical (unpaired) electrons. The van der Waals surface area contributed by atoms with Gasteiger partial charge in [0.05, 0.1) is 0 Å². The van der Waals surface area contributed by atoms with Crippen LogP contribution in [0.25, 0.3) is 0 Å². The molecule has 6 heteroatoms. The minimum atomic E-state index is -1.21. The van der Waals surface area contributed by atoms with Crippen LogP contribution in [0.3, 0.4) is 0 Å². The highest BCUT2D eigenvalue weighted by atomic mass is 16.5. The van der Waals surface area contributed by atoms with E-state index in [1.165, 1.54) is 19.3 Å². The van der Waals surface area contributed by atoms with E-state index >= 15 is 0 Å². The van der Waals surface area contributed by atoms with Crippen LogP contribution in [0, 0.1) is 5.92 Å². The Bertz CT molecular complexity index is 763. The molecule has 2 atom stereocenters. The second kappa shape index (κ2) is 11.0. The summed E-state index contributed by atoms with van der Waals surface area (Å²) < 4.78 is 5.82. The SMILES string of the molecule is NC(CC1CCCCC1)C(O)C(=O)NNCc1cccc(Oc2ccccc2)c1. The minimum Gasteiger partial charge on any atom is -0.457 e. The summed E-state index contributed by atoms with van der Waals surface area (Å²) in [6.07, 6.45) is 5.47. The average molecular weight is 398 g/mol. The molecule has 0 spiro atoms. The highest BCUT2D eigenvalue weighted by Crippen LogP contribution is 2.27. The third kappa shape index (κ3) is 6.85. The van der Waals surface area contributed by atoms with Gasteiger partial charge in [0.25, 0.3) is 5.91 Å². The number of carbonyl (C=O) groups is 1. The predicted octanol–water partition coefficient (Wildman–Crippen LogP) is 3.26. The van der Waals surface area contributed by atoms with E-state index in [0.29, 0.717) is 18.9 Å². The van der Waals surface area contributed by atoms with Gasteiger partial charge in [-0.05, 0) is 42.2 Å². The molecule has 0 heterocycles. The second-order valence-electron chi connectivity index (χ2n) is 7.75. The third-order valence-electron chi connectivity index (χ3n) is 5.39. The summed E-state index contributed by atoms with van der Waals surface area (Å²) in [6, 6.07) is 16.6. The Morgan fingerprint density at radius 1 is 1.07 bits per heavy atom. The van der Waals surface area contributed by atoms with Crippen molar-refractivity contribution in [3.8, 4) is 11.5 Å². The lowest BCUT2D eigenvalue weighted by molar-refractivity contribution is -0.131. The first-order valence-electron chi connectivity index (χ1n) is 10.4. The average Bonchev–Trinajstić information content (AvgIpc) is 2.75. The molecule has 1 aliphatic rings. The predicted molar refractivity (Wildman–Crippen MR) is 113 cm³/mol. The number of amides is 1. The van der Waals surface area contributed by atoms with Crippen LogP contribution in [0.2, 0.25) is 0 Å². The van der Waals surface area contributed by atoms with E-state index in [2.05, 4.69) is 10.9 Å². The largest absolute Gasteiger partial charge is 0.457 e. The number of ether oxygens (including phenoxy) is 1. The molecular weight excluding hydrogens is 366 g/mol. The minimum absolute atomic E-state index is 0.405. The van der Waals surface area contributed by atoms with Gasteiger partial charge in [-0.1, -0.05) is 62.4 Å². The molecule has 0 saturated heterocycles. The molecule has 2 aromatic rings. The number of hydrogen-bond acceptors (Lipinski definition) is 5. The number of nitrogens with two attached hydrogens (primary N) is 1. The molecule has 6 nitrogen and oxygen atoms in total. The first-order chi connectivity index (χ1) is 14.1. The Morgan fingerprint density at radius 2 is 1.79 bits per heavy atom. The van der Waals surface area contributed by atoms with Crippen LogP contribution in [-0.4, -0.2) is 23.2 Å². The number of benzene rings is 2. The number of aliphatic hydroxyl groups excluding tert-OH is 1. The van der Waals surface area contributed by atoms with Crippen LogP contribution >= 0.6 is 0 Å². The van der Waals surface area contributed by atoms with E-state index in [0.717, 1.165) is 29.9 Å². The molecule has 1 amide bonds. The Labute approximate surface area is 172 Å². The lowest BCUT2D eigenvalue weighted by atomic mass is 9.84. The summed E-state index contributed by atoms with van der Waals surface area (Å²) >= 11 is 0. The zero-order valence-electron chi connectivity index (χ0n) is 16.7. The first-order valence-corrected chi connectivity index (χ1v) is 10.4. The molecule has 3 rings (SSSR count). The van der Waals surface area contributed by atoms with Crippen molar-refractivity contribution in [3.63, 3.8) is 0 Å². The Balaban J connectivity index is 1.42. The zero-order valence-corrected chi connectivity index (χ0v) is 16.7. The maximum atomic E-state index is 12.2. The molecule has 156 valence electrons. The van der Waals surface area contributed by atoms with Gasteiger partial charge in [0.1, 0.15) is 17.6 Å². The fourth-order valence-corrected chi connectivity index (χ4v) is 3.78. The molecule has 1 fully saturated rings. The van der Waals surface area contributed by atoms with Crippen LogP contribution < -0.4 is 21.3 Å². The highest BCUT2D eigenvalue weighted by molar-refractivity contribution is 5.80. The first kappa shape index (κ1) is 21.3. The number of nitrogens with one attached hydrogen (secondary N) is 2. The van der Waals surface area contributed by atoms with Crippen molar-refractivity contribution in [3.05, 3.63) is 60.2 Å². The Morgan fingerprint density at radius 3 is 2.55 bits per heavy atom. The number of hydrogen-bond donors (Lipinski definition) is 4. The molecule has 0 bridgehead atoms. The van der Waals surface area contributed by atoms with E-state index in [-0.39, 0.29) is 0 Å². The molecule has 2 aromatic carbocycles. The van der Waals surface area contributed by atoms with Gasteiger partial charge in [-0.2, -0.15) is 0 Å². The fourth-order valence-electron chi connectivity index (χ4n) is 3.78. The maximum absolute atomic E-state index is 12.2. The van der Waals surface area contributed by atoms with Crippen molar-refractivity contribution in [2.45, 2.75) is 57.2 Å². The lowest BCUT2D eigenvalue weighted by Crippen LogP contribution is -2.50. The summed E-state index contributed by atoms with van der Waals surface area (Å²) in [4.78, 5) is 12.2. The zero-order chi connectivity index (χ0) is 20.5. The Kier molecular flexibility index (Phi) is 8.04. The smallest absolute Gasteiger partial charge is 0.264 e. The molecule has 0 aliphatic heterocycles. The van der Waals surface area contributed by atoms with E-state index in [4.69, 9.17) is 10.5 Å². The number of rotatable bonds is 9. The van der Waals surface area contributed by atoms with Gasteiger partial charge in [-0.15, -0.1) is 0 Å². The van der Waals surface area contributed by atoms with Crippen LogP contribution in [0.4, 0.5) is 0 Å². The lowest BCUT2D eigenvalue weighted by Gasteiger charge is -2.26. The monoisotopic (exact) mass is 397 g/mol. The van der Waals surface area contributed by atoms with Gasteiger partial charge in [0.15, 0.2) is 0 Å². The van der Waals surface area contributed by atoms with Crippen molar-refractivity contribution in [2.75, 3.05) is 0 Å². The number of para-hydroxylation sites is 1. The van der Waals surface area contributed by atoms with Crippen molar-refractivity contribution >= 4 is 5.91 Å². The van der Waals surface area contributed by atoms with Crippen LogP contribution in [-0.2, 0) is 11.3 Å². The van der Waals surface area contributed by atoms with Crippen LogP contribution in [0.1, 0.15) is 44.1 Å². The number of hydrazine groups is 1. The van der Waals surface area contributed by atoms with Crippen molar-refractivity contribution < 1.29 is 14.6 Å². The highest BCUT2D eigenvalue weighted by Gasteiger charge is 2.26. The Hall–Kier alpha value is -2.41. The normalized spacial score (nSPS) is 16.8. The van der Waals surface area contributed by atoms with Gasteiger partial charge in [0.2, 0.25) is 0 Å². The van der Waals surface area contributed by atoms with Crippen molar-refractivity contribution in [1.82, 2.24) is 10.9 Å². The maximum Gasteiger partial charge on any atom is 0.264 e. The fraction of sp³-hybridized carbons (Fsp3) is 0.435. The summed E-state index contributed by atoms with van der Waals surface area (Å²) in [5.41, 5.74) is 12.4. The molecule has 29 heavy (non-hydrogen) atoms. The molecule has 1 aliphatic carbocycles. The third-order valence-corrected chi connectivity index (χ3v) is 5.39. The van der Waals surface area contributed by atoms with Gasteiger partial charge < -0.3 is 15.6 Å². The van der Waals surface area contributed by atoms with Gasteiger partial charge in [-0.25, -0.2) is 5.43 Å². The topological polar surface area (TPSA) is 96.6 Å². The summed E-state index contributed by atoms with van der Waals surface area (Å²) in [5.74, 6) is 1.50. The molecule has 5 N–H and O–H groups in total. The van der Waals surface area contributed by atoms with E-state index in [1.54, 1.807) is 0 Å². The van der Waals surface area contributed by atoms with Crippen LogP contribution in [0.15, 0.2) is 54.6 Å². The molecule has 1 saturated carbocycles. The van der Waals surface area contributed by atoms with Crippen molar-refractivity contribution in [1.29, 1.82) is 0 Å². The van der Waals surface area contributed by atoms with E-state index in [1.807, 2.05) is 54.6 Å². The van der Waals surface area contributed by atoms with E-state index < -0.39 is 18.1 Å². The number of aliphatic hydroxyl groups is 1. The summed E-state index contributed by atoms with van der Waals surface area (Å²) in [5, 5.41) is 10.2. The summed E-state index contributed by atoms with van der Waals surface area (Å²) in [6.45, 7) is 0.405. The van der Waals surface area contributed by atoms with Crippen LogP contribution in [0.5, 0.6) is 11.5 Å². The quantitative estimate of drug-likeness (QED) is 0.487. The second-order valence-corrected chi connectivity index (χ2v) is 7.75. The molecule has 2 unspecified atom stereocenters. The molecule has 0 aromatic heterocycles. The van der Waals surface area contributed by atoms with Gasteiger partial charge in [0, 0.05) is 12.6 Å². The standard InChI is InChI=1S/C23H31N3O3/c24-21(15-17-8-3-1-4-9-17)22(27)23(28)26-25-16-18-10-7-13-20(14-18)29-19-11-5-2-6-12-19/h2,5-7,10-14,17,21-22,25,27H,1,3-4,8-9,15-16,24H2,(H,26,28). The van der Waals surface area contributed by atoms with Crippen molar-refractivity contribution in [2.24, 2.45) is 11.7 Å². The van der Waals surface area contributed by atoms with Gasteiger partial charge in [-0.3, -0.25) is 10.2 Å².